The topological polar surface area (TPSA) is 87.0 Å². The molecule has 0 aromatic rings. The second kappa shape index (κ2) is 5.16. The molecule has 3 fully saturated rings. The van der Waals surface area contributed by atoms with Crippen LogP contribution in [0, 0.1) is 22.7 Å². The van der Waals surface area contributed by atoms with Crippen LogP contribution in [-0.4, -0.2) is 44.2 Å². The molecule has 3 rings (SSSR count). The van der Waals surface area contributed by atoms with Gasteiger partial charge in [-0.3, -0.25) is 4.79 Å². The van der Waals surface area contributed by atoms with Crippen LogP contribution in [0.4, 0.5) is 0 Å². The fourth-order valence-corrected chi connectivity index (χ4v) is 6.44. The van der Waals surface area contributed by atoms with Gasteiger partial charge in [0.05, 0.1) is 17.1 Å². The molecule has 3 N–H and O–H groups in total. The van der Waals surface area contributed by atoms with Crippen molar-refractivity contribution >= 4 is 5.78 Å². The first-order chi connectivity index (χ1) is 11.2. The van der Waals surface area contributed by atoms with E-state index in [1.807, 2.05) is 27.7 Å². The highest BCUT2D eigenvalue weighted by Crippen LogP contribution is 2.67. The van der Waals surface area contributed by atoms with Crippen molar-refractivity contribution < 1.29 is 24.9 Å². The van der Waals surface area contributed by atoms with E-state index in [2.05, 4.69) is 6.58 Å². The molecule has 5 nitrogen and oxygen atoms in total. The summed E-state index contributed by atoms with van der Waals surface area (Å²) in [4.78, 5) is 13.2. The van der Waals surface area contributed by atoms with Gasteiger partial charge in [0.25, 0.3) is 0 Å². The maximum absolute atomic E-state index is 13.2. The second-order valence-corrected chi connectivity index (χ2v) is 9.82. The Morgan fingerprint density at radius 2 is 1.80 bits per heavy atom. The minimum Gasteiger partial charge on any atom is -0.387 e. The fraction of sp³-hybridized carbons (Fsp3) is 0.850. The van der Waals surface area contributed by atoms with E-state index in [0.717, 1.165) is 0 Å². The van der Waals surface area contributed by atoms with Crippen LogP contribution in [-0.2, 0) is 9.53 Å². The molecule has 0 amide bonds. The molecule has 1 heterocycles. The third kappa shape index (κ3) is 2.32. The lowest BCUT2D eigenvalue weighted by Crippen LogP contribution is -2.75. The quantitative estimate of drug-likeness (QED) is 0.497. The molecule has 0 spiro atoms. The van der Waals surface area contributed by atoms with Gasteiger partial charge in [0.15, 0.2) is 5.79 Å². The van der Waals surface area contributed by atoms with Crippen molar-refractivity contribution in [3.05, 3.63) is 12.7 Å². The van der Waals surface area contributed by atoms with Gasteiger partial charge in [-0.05, 0) is 44.4 Å². The molecule has 2 saturated carbocycles. The van der Waals surface area contributed by atoms with Crippen molar-refractivity contribution in [2.75, 3.05) is 0 Å². The summed E-state index contributed by atoms with van der Waals surface area (Å²) >= 11 is 0. The molecule has 0 radical (unpaired) electrons. The lowest BCUT2D eigenvalue weighted by Gasteiger charge is -2.68. The Hall–Kier alpha value is -0.750. The molecule has 6 atom stereocenters. The normalized spacial score (nSPS) is 51.4. The fourth-order valence-electron chi connectivity index (χ4n) is 6.44. The molecule has 3 aliphatic rings. The first-order valence-corrected chi connectivity index (χ1v) is 9.23. The summed E-state index contributed by atoms with van der Waals surface area (Å²) < 4.78 is 6.35. The Kier molecular flexibility index (Phi) is 3.92. The summed E-state index contributed by atoms with van der Waals surface area (Å²) in [7, 11) is 0. The Morgan fingerprint density at radius 1 is 1.20 bits per heavy atom. The summed E-state index contributed by atoms with van der Waals surface area (Å²) in [6.45, 7) is 13.4. The third-order valence-corrected chi connectivity index (χ3v) is 7.53. The molecule has 142 valence electrons. The lowest BCUT2D eigenvalue weighted by molar-refractivity contribution is -0.375. The Balaban J connectivity index is 2.16. The number of carbonyl (C=O) groups is 1. The molecule has 1 saturated heterocycles. The molecular formula is C20H32O5. The largest absolute Gasteiger partial charge is 0.387 e. The standard InChI is InChI=1S/C20H32O5/c1-7-17(4)10-12(21)15-18(5,25-17)9-8-13-16(2,3)11-14(22)20(23,24)19(13,15)6/h7,13-15,22-24H,1,8-11H2,2-6H3/t13-,14?,15-,17-,18+,19-/m0/s1. The minimum absolute atomic E-state index is 0.0410. The number of aliphatic hydroxyl groups is 3. The van der Waals surface area contributed by atoms with Crippen LogP contribution in [0.25, 0.3) is 0 Å². The summed E-state index contributed by atoms with van der Waals surface area (Å²) in [5, 5.41) is 32.4. The van der Waals surface area contributed by atoms with Gasteiger partial charge in [0.1, 0.15) is 11.9 Å². The van der Waals surface area contributed by atoms with Gasteiger partial charge in [-0.2, -0.15) is 0 Å². The number of hydrogen-bond donors (Lipinski definition) is 3. The maximum Gasteiger partial charge on any atom is 0.196 e. The predicted octanol–water partition coefficient (Wildman–Crippen LogP) is 2.18. The smallest absolute Gasteiger partial charge is 0.196 e. The average Bonchev–Trinajstić information content (AvgIpc) is 2.43. The molecule has 2 aliphatic carbocycles. The zero-order valence-electron chi connectivity index (χ0n) is 16.0. The van der Waals surface area contributed by atoms with Crippen LogP contribution < -0.4 is 0 Å². The highest BCUT2D eigenvalue weighted by atomic mass is 16.5. The number of fused-ring (bicyclic) bond motifs is 3. The van der Waals surface area contributed by atoms with E-state index in [9.17, 15) is 20.1 Å². The van der Waals surface area contributed by atoms with E-state index in [1.54, 1.807) is 13.0 Å². The molecule has 0 aromatic carbocycles. The van der Waals surface area contributed by atoms with E-state index in [0.29, 0.717) is 19.3 Å². The van der Waals surface area contributed by atoms with Gasteiger partial charge in [-0.25, -0.2) is 0 Å². The molecule has 5 heteroatoms. The van der Waals surface area contributed by atoms with Gasteiger partial charge in [0.2, 0.25) is 0 Å². The maximum atomic E-state index is 13.2. The molecule has 1 unspecified atom stereocenters. The zero-order chi connectivity index (χ0) is 19.1. The van der Waals surface area contributed by atoms with Crippen molar-refractivity contribution in [3.63, 3.8) is 0 Å². The van der Waals surface area contributed by atoms with E-state index < -0.39 is 34.4 Å². The number of carbonyl (C=O) groups excluding carboxylic acids is 1. The molecule has 0 bridgehead atoms. The van der Waals surface area contributed by atoms with E-state index in [4.69, 9.17) is 4.74 Å². The number of Topliss-reactive ketones (excluding diaryl/α,β-unsaturated/α-hetero) is 1. The minimum atomic E-state index is -2.33. The Morgan fingerprint density at radius 3 is 2.36 bits per heavy atom. The highest BCUT2D eigenvalue weighted by Gasteiger charge is 2.73. The van der Waals surface area contributed by atoms with Crippen LogP contribution in [0.15, 0.2) is 12.7 Å². The van der Waals surface area contributed by atoms with E-state index >= 15 is 0 Å². The van der Waals surface area contributed by atoms with Gasteiger partial charge in [0, 0.05) is 11.8 Å². The molecule has 0 aromatic heterocycles. The first-order valence-electron chi connectivity index (χ1n) is 9.23. The number of ether oxygens (including phenoxy) is 1. The van der Waals surface area contributed by atoms with Gasteiger partial charge in [-0.1, -0.05) is 26.8 Å². The summed E-state index contributed by atoms with van der Waals surface area (Å²) in [5.41, 5.74) is -3.04. The van der Waals surface area contributed by atoms with Crippen molar-refractivity contribution in [1.82, 2.24) is 0 Å². The van der Waals surface area contributed by atoms with Gasteiger partial charge in [-0.15, -0.1) is 6.58 Å². The van der Waals surface area contributed by atoms with Crippen molar-refractivity contribution in [2.45, 2.75) is 83.4 Å². The summed E-state index contributed by atoms with van der Waals surface area (Å²) in [5.74, 6) is -3.16. The average molecular weight is 352 g/mol. The molecule has 1 aliphatic heterocycles. The molecular weight excluding hydrogens is 320 g/mol. The summed E-state index contributed by atoms with van der Waals surface area (Å²) in [6, 6.07) is 0. The van der Waals surface area contributed by atoms with Crippen LogP contribution >= 0.6 is 0 Å². The molecule has 25 heavy (non-hydrogen) atoms. The van der Waals surface area contributed by atoms with Crippen molar-refractivity contribution in [2.24, 2.45) is 22.7 Å². The number of ketones is 1. The van der Waals surface area contributed by atoms with Gasteiger partial charge < -0.3 is 20.1 Å². The van der Waals surface area contributed by atoms with E-state index in [-0.39, 0.29) is 23.5 Å². The van der Waals surface area contributed by atoms with Crippen LogP contribution in [0.5, 0.6) is 0 Å². The van der Waals surface area contributed by atoms with Gasteiger partial charge >= 0.3 is 0 Å². The van der Waals surface area contributed by atoms with Crippen LogP contribution in [0.2, 0.25) is 0 Å². The number of hydrogen-bond acceptors (Lipinski definition) is 5. The Labute approximate surface area is 150 Å². The predicted molar refractivity (Wildman–Crippen MR) is 93.6 cm³/mol. The second-order valence-electron chi connectivity index (χ2n) is 9.82. The van der Waals surface area contributed by atoms with E-state index in [1.165, 1.54) is 0 Å². The SMILES string of the molecule is C=C[C@@]1(C)CC(=O)[C@@H]2[C@]3(C)[C@@H](CC[C@@]2(C)O1)C(C)(C)CC(O)C3(O)O. The van der Waals surface area contributed by atoms with Crippen LogP contribution in [0.3, 0.4) is 0 Å². The van der Waals surface area contributed by atoms with Crippen molar-refractivity contribution in [3.8, 4) is 0 Å². The number of rotatable bonds is 1. The highest BCUT2D eigenvalue weighted by molar-refractivity contribution is 5.85. The summed E-state index contributed by atoms with van der Waals surface area (Å²) in [6.07, 6.45) is 2.20. The van der Waals surface area contributed by atoms with Crippen LogP contribution in [0.1, 0.15) is 60.3 Å². The first kappa shape index (κ1) is 19.0. The monoisotopic (exact) mass is 352 g/mol. The number of aliphatic hydroxyl groups excluding tert-OH is 1. The lowest BCUT2D eigenvalue weighted by atomic mass is 9.41. The van der Waals surface area contributed by atoms with Crippen molar-refractivity contribution in [1.29, 1.82) is 0 Å². The third-order valence-electron chi connectivity index (χ3n) is 7.53. The zero-order valence-corrected chi connectivity index (χ0v) is 16.0. The Bertz CT molecular complexity index is 611.